The summed E-state index contributed by atoms with van der Waals surface area (Å²) in [6.07, 6.45) is 1.52. The second-order valence-electron chi connectivity index (χ2n) is 5.58. The van der Waals surface area contributed by atoms with Crippen molar-refractivity contribution in [2.75, 3.05) is 17.6 Å². The maximum atomic E-state index is 13.1. The Morgan fingerprint density at radius 1 is 1.18 bits per heavy atom. The molecule has 146 valence electrons. The van der Waals surface area contributed by atoms with Crippen molar-refractivity contribution in [2.24, 2.45) is 7.05 Å². The zero-order chi connectivity index (χ0) is 20.1. The summed E-state index contributed by atoms with van der Waals surface area (Å²) >= 11 is 1.15. The van der Waals surface area contributed by atoms with Crippen molar-refractivity contribution in [3.63, 3.8) is 0 Å². The van der Waals surface area contributed by atoms with Crippen LogP contribution >= 0.6 is 11.8 Å². The summed E-state index contributed by atoms with van der Waals surface area (Å²) < 4.78 is 32.9. The number of carbonyl (C=O) groups is 2. The van der Waals surface area contributed by atoms with Gasteiger partial charge in [-0.05, 0) is 24.3 Å². The van der Waals surface area contributed by atoms with Crippen LogP contribution in [-0.4, -0.2) is 38.9 Å². The van der Waals surface area contributed by atoms with Gasteiger partial charge in [0.25, 0.3) is 0 Å². The topological polar surface area (TPSA) is 102 Å². The number of carbonyl (C=O) groups excluding carboxylic acids is 2. The molecule has 2 aromatic heterocycles. The lowest BCUT2D eigenvalue weighted by Gasteiger charge is -2.07. The van der Waals surface area contributed by atoms with E-state index in [4.69, 9.17) is 4.42 Å². The summed E-state index contributed by atoms with van der Waals surface area (Å²) in [4.78, 5) is 23.7. The van der Waals surface area contributed by atoms with E-state index in [0.717, 1.165) is 23.9 Å². The number of hydrogen-bond acceptors (Lipinski definition) is 6. The third-order valence-corrected chi connectivity index (χ3v) is 4.58. The normalized spacial score (nSPS) is 10.7. The monoisotopic (exact) mass is 407 g/mol. The van der Waals surface area contributed by atoms with Crippen molar-refractivity contribution < 1.29 is 22.8 Å². The molecule has 0 radical (unpaired) electrons. The van der Waals surface area contributed by atoms with Crippen molar-refractivity contribution in [3.8, 4) is 11.6 Å². The average Bonchev–Trinajstić information content (AvgIpc) is 3.31. The number of thioether (sulfide) groups is 1. The minimum Gasteiger partial charge on any atom is -0.461 e. The lowest BCUT2D eigenvalue weighted by Crippen LogP contribution is -2.34. The Balaban J connectivity index is 1.46. The number of benzene rings is 1. The Labute approximate surface area is 162 Å². The molecule has 11 heteroatoms. The molecular formula is C17H15F2N5O3S. The van der Waals surface area contributed by atoms with E-state index in [0.29, 0.717) is 16.7 Å². The molecule has 0 saturated heterocycles. The first-order valence-electron chi connectivity index (χ1n) is 8.01. The molecule has 2 N–H and O–H groups in total. The number of furan rings is 1. The van der Waals surface area contributed by atoms with Crippen LogP contribution in [0.1, 0.15) is 0 Å². The van der Waals surface area contributed by atoms with Crippen molar-refractivity contribution >= 4 is 29.3 Å². The van der Waals surface area contributed by atoms with Gasteiger partial charge in [0.1, 0.15) is 0 Å². The van der Waals surface area contributed by atoms with Crippen LogP contribution in [-0.2, 0) is 16.6 Å². The summed E-state index contributed by atoms with van der Waals surface area (Å²) in [6.45, 7) is -0.311. The smallest absolute Gasteiger partial charge is 0.243 e. The summed E-state index contributed by atoms with van der Waals surface area (Å²) in [5.41, 5.74) is 0.0945. The summed E-state index contributed by atoms with van der Waals surface area (Å²) in [7, 11) is 1.74. The zero-order valence-corrected chi connectivity index (χ0v) is 15.4. The van der Waals surface area contributed by atoms with E-state index in [1.165, 1.54) is 12.3 Å². The van der Waals surface area contributed by atoms with E-state index in [9.17, 15) is 18.4 Å². The van der Waals surface area contributed by atoms with Gasteiger partial charge in [0.05, 0.1) is 18.6 Å². The molecule has 0 atom stereocenters. The molecule has 1 aromatic carbocycles. The fraction of sp³-hybridized carbons (Fsp3) is 0.176. The van der Waals surface area contributed by atoms with Crippen LogP contribution in [0, 0.1) is 11.6 Å². The minimum atomic E-state index is -1.07. The number of halogens is 2. The second-order valence-corrected chi connectivity index (χ2v) is 6.53. The molecule has 3 aromatic rings. The SMILES string of the molecule is Cn1c(SCC(=O)NCC(=O)Nc2ccc(F)c(F)c2)nnc1-c1ccco1. The van der Waals surface area contributed by atoms with E-state index in [1.807, 2.05) is 0 Å². The highest BCUT2D eigenvalue weighted by atomic mass is 32.2. The van der Waals surface area contributed by atoms with Crippen LogP contribution in [0.15, 0.2) is 46.2 Å². The summed E-state index contributed by atoms with van der Waals surface area (Å²) in [5.74, 6) is -1.95. The highest BCUT2D eigenvalue weighted by molar-refractivity contribution is 7.99. The second kappa shape index (κ2) is 8.65. The van der Waals surface area contributed by atoms with E-state index < -0.39 is 23.4 Å². The van der Waals surface area contributed by atoms with E-state index in [-0.39, 0.29) is 18.0 Å². The Hall–Kier alpha value is -3.21. The third-order valence-electron chi connectivity index (χ3n) is 3.56. The lowest BCUT2D eigenvalue weighted by molar-refractivity contribution is -0.122. The van der Waals surface area contributed by atoms with Gasteiger partial charge in [-0.15, -0.1) is 10.2 Å². The first-order chi connectivity index (χ1) is 13.4. The Kier molecular flexibility index (Phi) is 6.04. The van der Waals surface area contributed by atoms with Gasteiger partial charge in [0.15, 0.2) is 28.4 Å². The molecule has 0 aliphatic heterocycles. The van der Waals surface area contributed by atoms with E-state index in [1.54, 1.807) is 23.7 Å². The maximum Gasteiger partial charge on any atom is 0.243 e. The molecule has 3 rings (SSSR count). The van der Waals surface area contributed by atoms with Crippen molar-refractivity contribution in [3.05, 3.63) is 48.2 Å². The zero-order valence-electron chi connectivity index (χ0n) is 14.6. The first-order valence-corrected chi connectivity index (χ1v) is 9.00. The molecule has 0 saturated carbocycles. The predicted molar refractivity (Wildman–Crippen MR) is 97.4 cm³/mol. The van der Waals surface area contributed by atoms with Crippen molar-refractivity contribution in [2.45, 2.75) is 5.16 Å². The molecule has 8 nitrogen and oxygen atoms in total. The molecule has 28 heavy (non-hydrogen) atoms. The van der Waals surface area contributed by atoms with Crippen LogP contribution in [0.25, 0.3) is 11.6 Å². The number of anilines is 1. The molecule has 0 bridgehead atoms. The first kappa shape index (κ1) is 19.5. The van der Waals surface area contributed by atoms with Gasteiger partial charge in [-0.3, -0.25) is 9.59 Å². The van der Waals surface area contributed by atoms with Gasteiger partial charge in [-0.25, -0.2) is 8.78 Å². The third kappa shape index (κ3) is 4.74. The number of hydrogen-bond donors (Lipinski definition) is 2. The fourth-order valence-corrected chi connectivity index (χ4v) is 2.94. The molecule has 2 heterocycles. The van der Waals surface area contributed by atoms with Gasteiger partial charge < -0.3 is 19.6 Å². The highest BCUT2D eigenvalue weighted by Gasteiger charge is 2.15. The van der Waals surface area contributed by atoms with Crippen LogP contribution in [0.5, 0.6) is 0 Å². The molecule has 0 aliphatic carbocycles. The molecule has 0 aliphatic rings. The quantitative estimate of drug-likeness (QED) is 0.582. The molecule has 0 fully saturated rings. The van der Waals surface area contributed by atoms with Gasteiger partial charge in [0.2, 0.25) is 11.8 Å². The Morgan fingerprint density at radius 3 is 2.71 bits per heavy atom. The van der Waals surface area contributed by atoms with E-state index in [2.05, 4.69) is 20.8 Å². The van der Waals surface area contributed by atoms with Crippen LogP contribution in [0.4, 0.5) is 14.5 Å². The van der Waals surface area contributed by atoms with Crippen LogP contribution < -0.4 is 10.6 Å². The molecular weight excluding hydrogens is 392 g/mol. The largest absolute Gasteiger partial charge is 0.461 e. The molecule has 0 spiro atoms. The Morgan fingerprint density at radius 2 is 2.00 bits per heavy atom. The van der Waals surface area contributed by atoms with Crippen molar-refractivity contribution in [1.82, 2.24) is 20.1 Å². The van der Waals surface area contributed by atoms with Gasteiger partial charge >= 0.3 is 0 Å². The average molecular weight is 407 g/mol. The van der Waals surface area contributed by atoms with Crippen LogP contribution in [0.3, 0.4) is 0 Å². The van der Waals surface area contributed by atoms with Gasteiger partial charge in [-0.2, -0.15) is 0 Å². The molecule has 2 amide bonds. The maximum absolute atomic E-state index is 13.1. The highest BCUT2D eigenvalue weighted by Crippen LogP contribution is 2.22. The predicted octanol–water partition coefficient (Wildman–Crippen LogP) is 2.20. The molecule has 0 unspecified atom stereocenters. The summed E-state index contributed by atoms with van der Waals surface area (Å²) in [6, 6.07) is 6.46. The number of nitrogens with one attached hydrogen (secondary N) is 2. The van der Waals surface area contributed by atoms with Gasteiger partial charge in [0, 0.05) is 18.8 Å². The number of rotatable bonds is 7. The lowest BCUT2D eigenvalue weighted by atomic mass is 10.3. The van der Waals surface area contributed by atoms with Crippen LogP contribution in [0.2, 0.25) is 0 Å². The van der Waals surface area contributed by atoms with Gasteiger partial charge in [-0.1, -0.05) is 11.8 Å². The number of amides is 2. The number of nitrogens with zero attached hydrogens (tertiary/aromatic N) is 3. The standard InChI is InChI=1S/C17H15F2N5O3S/c1-24-16(13-3-2-6-27-13)22-23-17(24)28-9-15(26)20-8-14(25)21-10-4-5-11(18)12(19)7-10/h2-7H,8-9H2,1H3,(H,20,26)(H,21,25). The number of aromatic nitrogens is 3. The Bertz CT molecular complexity index is 991. The van der Waals surface area contributed by atoms with Crippen molar-refractivity contribution in [1.29, 1.82) is 0 Å². The fourth-order valence-electron chi connectivity index (χ4n) is 2.20. The van der Waals surface area contributed by atoms with E-state index >= 15 is 0 Å². The minimum absolute atomic E-state index is 0.0165. The summed E-state index contributed by atoms with van der Waals surface area (Å²) in [5, 5.41) is 13.3.